The minimum atomic E-state index is -1.34. The summed E-state index contributed by atoms with van der Waals surface area (Å²) in [5, 5.41) is 39.8. The quantitative estimate of drug-likeness (QED) is 0.287. The number of aromatic carboxylic acids is 1. The molecule has 10 nitrogen and oxygen atoms in total. The Morgan fingerprint density at radius 2 is 1.41 bits per heavy atom. The van der Waals surface area contributed by atoms with E-state index < -0.39 is 28.7 Å². The topological polar surface area (TPSA) is 145 Å². The van der Waals surface area contributed by atoms with Crippen molar-refractivity contribution in [3.8, 4) is 11.6 Å². The van der Waals surface area contributed by atoms with Gasteiger partial charge in [0.05, 0.1) is 22.5 Å². The van der Waals surface area contributed by atoms with Crippen LogP contribution in [0.4, 0.5) is 5.69 Å². The fourth-order valence-electron chi connectivity index (χ4n) is 4.27. The second-order valence-corrected chi connectivity index (χ2v) is 10.2. The van der Waals surface area contributed by atoms with Gasteiger partial charge >= 0.3 is 11.9 Å². The molecule has 0 spiro atoms. The van der Waals surface area contributed by atoms with Gasteiger partial charge in [0.25, 0.3) is 5.91 Å². The lowest BCUT2D eigenvalue weighted by molar-refractivity contribution is -0.129. The van der Waals surface area contributed by atoms with E-state index in [4.69, 9.17) is 0 Å². The van der Waals surface area contributed by atoms with Crippen molar-refractivity contribution in [2.75, 3.05) is 5.01 Å². The van der Waals surface area contributed by atoms with E-state index in [0.717, 1.165) is 5.01 Å². The molecule has 2 heterocycles. The van der Waals surface area contributed by atoms with Gasteiger partial charge in [0, 0.05) is 10.8 Å². The number of aromatic nitrogens is 2. The molecule has 4 rings (SSSR count). The SMILES string of the molecule is CC(C)(C=CC(C)(C)c1c(C(=O)O)nn(-c2ccccc2)c1O)/C=C1\C(=O)N(c2ccccc2)N=C1C(=O)O. The van der Waals surface area contributed by atoms with Crippen LogP contribution in [0.5, 0.6) is 5.88 Å². The summed E-state index contributed by atoms with van der Waals surface area (Å²) in [6, 6.07) is 17.2. The maximum Gasteiger partial charge on any atom is 0.357 e. The largest absolute Gasteiger partial charge is 0.493 e. The van der Waals surface area contributed by atoms with E-state index in [2.05, 4.69) is 10.2 Å². The number of nitrogens with zero attached hydrogens (tertiary/aromatic N) is 4. The molecule has 1 amide bonds. The molecule has 1 aliphatic heterocycles. The molecule has 39 heavy (non-hydrogen) atoms. The molecule has 200 valence electrons. The highest BCUT2D eigenvalue weighted by Crippen LogP contribution is 2.38. The van der Waals surface area contributed by atoms with Gasteiger partial charge in [0.15, 0.2) is 11.4 Å². The summed E-state index contributed by atoms with van der Waals surface area (Å²) in [4.78, 5) is 37.1. The summed E-state index contributed by atoms with van der Waals surface area (Å²) in [7, 11) is 0. The third-order valence-electron chi connectivity index (χ3n) is 6.24. The number of para-hydroxylation sites is 2. The Morgan fingerprint density at radius 3 is 1.95 bits per heavy atom. The molecule has 10 heteroatoms. The van der Waals surface area contributed by atoms with Crippen LogP contribution in [-0.2, 0) is 15.0 Å². The van der Waals surface area contributed by atoms with E-state index in [0.29, 0.717) is 11.4 Å². The summed E-state index contributed by atoms with van der Waals surface area (Å²) in [5.41, 5.74) is -1.57. The van der Waals surface area contributed by atoms with E-state index in [1.807, 2.05) is 0 Å². The van der Waals surface area contributed by atoms with Crippen molar-refractivity contribution in [2.24, 2.45) is 10.5 Å². The highest BCUT2D eigenvalue weighted by Gasteiger charge is 2.37. The molecule has 0 bridgehead atoms. The molecule has 2 aromatic carbocycles. The monoisotopic (exact) mass is 528 g/mol. The number of carbonyl (C=O) groups is 3. The summed E-state index contributed by atoms with van der Waals surface area (Å²) >= 11 is 0. The molecule has 0 atom stereocenters. The number of hydrazone groups is 1. The van der Waals surface area contributed by atoms with Crippen molar-refractivity contribution >= 4 is 29.2 Å². The Labute approximate surface area is 224 Å². The highest BCUT2D eigenvalue weighted by atomic mass is 16.4. The number of rotatable bonds is 8. The second kappa shape index (κ2) is 10.1. The molecule has 0 fully saturated rings. The molecule has 1 aliphatic rings. The van der Waals surface area contributed by atoms with Crippen molar-refractivity contribution in [3.05, 3.63) is 95.7 Å². The Bertz CT molecular complexity index is 1530. The number of anilines is 1. The van der Waals surface area contributed by atoms with Crippen LogP contribution in [0.25, 0.3) is 5.69 Å². The Kier molecular flexibility index (Phi) is 6.97. The maximum absolute atomic E-state index is 13.2. The minimum absolute atomic E-state index is 0.0650. The zero-order valence-electron chi connectivity index (χ0n) is 21.9. The van der Waals surface area contributed by atoms with Crippen molar-refractivity contribution in [2.45, 2.75) is 33.1 Å². The number of benzene rings is 2. The van der Waals surface area contributed by atoms with Gasteiger partial charge in [-0.1, -0.05) is 82.3 Å². The van der Waals surface area contributed by atoms with Crippen LogP contribution in [0, 0.1) is 5.41 Å². The molecule has 0 unspecified atom stereocenters. The van der Waals surface area contributed by atoms with E-state index in [1.165, 1.54) is 10.8 Å². The summed E-state index contributed by atoms with van der Waals surface area (Å²) in [6.07, 6.45) is 4.94. The maximum atomic E-state index is 13.2. The Hall–Kier alpha value is -4.99. The van der Waals surface area contributed by atoms with Gasteiger partial charge in [-0.2, -0.15) is 15.2 Å². The average Bonchev–Trinajstić information content (AvgIpc) is 3.41. The normalized spacial score (nSPS) is 15.3. The number of carboxylic acids is 2. The predicted octanol–water partition coefficient (Wildman–Crippen LogP) is 4.55. The number of allylic oxidation sites excluding steroid dienone is 3. The lowest BCUT2D eigenvalue weighted by atomic mass is 9.80. The van der Waals surface area contributed by atoms with Crippen molar-refractivity contribution in [1.82, 2.24) is 9.78 Å². The van der Waals surface area contributed by atoms with Crippen molar-refractivity contribution < 1.29 is 29.7 Å². The predicted molar refractivity (Wildman–Crippen MR) is 145 cm³/mol. The van der Waals surface area contributed by atoms with Gasteiger partial charge in [0.2, 0.25) is 5.88 Å². The van der Waals surface area contributed by atoms with Gasteiger partial charge < -0.3 is 15.3 Å². The fraction of sp³-hybridized carbons (Fsp3) is 0.207. The molecule has 0 saturated carbocycles. The highest BCUT2D eigenvalue weighted by molar-refractivity contribution is 6.52. The molecule has 1 aromatic heterocycles. The van der Waals surface area contributed by atoms with Gasteiger partial charge in [-0.05, 0) is 24.3 Å². The zero-order chi connectivity index (χ0) is 28.5. The summed E-state index contributed by atoms with van der Waals surface area (Å²) in [6.45, 7) is 7.01. The number of hydrogen-bond acceptors (Lipinski definition) is 6. The van der Waals surface area contributed by atoms with E-state index in [1.54, 1.807) is 101 Å². The molecule has 0 radical (unpaired) electrons. The van der Waals surface area contributed by atoms with Crippen LogP contribution in [0.1, 0.15) is 43.7 Å². The van der Waals surface area contributed by atoms with Crippen molar-refractivity contribution in [1.29, 1.82) is 0 Å². The van der Waals surface area contributed by atoms with Crippen LogP contribution < -0.4 is 5.01 Å². The number of aliphatic carboxylic acids is 1. The third-order valence-corrected chi connectivity index (χ3v) is 6.24. The second-order valence-electron chi connectivity index (χ2n) is 10.2. The number of aromatic hydroxyl groups is 1. The fourth-order valence-corrected chi connectivity index (χ4v) is 4.27. The molecular weight excluding hydrogens is 500 g/mol. The molecule has 0 aliphatic carbocycles. The first-order valence-electron chi connectivity index (χ1n) is 12.1. The van der Waals surface area contributed by atoms with Crippen LogP contribution >= 0.6 is 0 Å². The molecule has 0 saturated heterocycles. The Morgan fingerprint density at radius 1 is 0.846 bits per heavy atom. The van der Waals surface area contributed by atoms with Gasteiger partial charge in [-0.25, -0.2) is 14.3 Å². The lowest BCUT2D eigenvalue weighted by Gasteiger charge is -2.23. The Balaban J connectivity index is 1.71. The minimum Gasteiger partial charge on any atom is -0.493 e. The van der Waals surface area contributed by atoms with Gasteiger partial charge in [-0.3, -0.25) is 4.79 Å². The van der Waals surface area contributed by atoms with Gasteiger partial charge in [-0.15, -0.1) is 0 Å². The first kappa shape index (κ1) is 27.1. The van der Waals surface area contributed by atoms with E-state index in [9.17, 15) is 29.7 Å². The van der Waals surface area contributed by atoms with Crippen LogP contribution in [-0.4, -0.2) is 48.7 Å². The van der Waals surface area contributed by atoms with Crippen LogP contribution in [0.2, 0.25) is 0 Å². The zero-order valence-corrected chi connectivity index (χ0v) is 21.9. The van der Waals surface area contributed by atoms with Gasteiger partial charge in [0.1, 0.15) is 0 Å². The molecular formula is C29H28N4O6. The number of amides is 1. The number of hydrogen-bond donors (Lipinski definition) is 3. The summed E-state index contributed by atoms with van der Waals surface area (Å²) < 4.78 is 1.17. The van der Waals surface area contributed by atoms with Crippen molar-refractivity contribution in [3.63, 3.8) is 0 Å². The molecule has 3 aromatic rings. The lowest BCUT2D eigenvalue weighted by Crippen LogP contribution is -2.24. The first-order chi connectivity index (χ1) is 18.3. The number of carboxylic acid groups (broad SMARTS) is 2. The number of carbonyl (C=O) groups excluding carboxylic acids is 1. The molecule has 3 N–H and O–H groups in total. The van der Waals surface area contributed by atoms with Crippen LogP contribution in [0.3, 0.4) is 0 Å². The standard InChI is InChI=1S/C29H28N4O6/c1-28(2,17-20-22(26(36)37)30-32(24(20)34)18-11-7-5-8-12-18)15-16-29(3,4)21-23(27(38)39)31-33(25(21)35)19-13-9-6-10-14-19/h5-17,35H,1-4H3,(H,36,37)(H,38,39)/b16-15?,20-17-. The third kappa shape index (κ3) is 5.35. The van der Waals surface area contributed by atoms with E-state index in [-0.39, 0.29) is 28.4 Å². The smallest absolute Gasteiger partial charge is 0.357 e. The first-order valence-corrected chi connectivity index (χ1v) is 12.1. The van der Waals surface area contributed by atoms with E-state index >= 15 is 0 Å². The summed E-state index contributed by atoms with van der Waals surface area (Å²) in [5.74, 6) is -3.52. The average molecular weight is 529 g/mol. The van der Waals surface area contributed by atoms with Crippen LogP contribution in [0.15, 0.2) is 89.6 Å².